The van der Waals surface area contributed by atoms with Crippen molar-refractivity contribution in [3.63, 3.8) is 0 Å². The predicted octanol–water partition coefficient (Wildman–Crippen LogP) is -1.64. The van der Waals surface area contributed by atoms with E-state index in [1.807, 2.05) is 24.3 Å². The summed E-state index contributed by atoms with van der Waals surface area (Å²) in [4.78, 5) is 11.7. The van der Waals surface area contributed by atoms with Crippen molar-refractivity contribution in [3.8, 4) is 34.8 Å². The zero-order valence-electron chi connectivity index (χ0n) is 25.8. The number of fused-ring (bicyclic) bond motifs is 3. The third-order valence-corrected chi connectivity index (χ3v) is 9.28. The van der Waals surface area contributed by atoms with E-state index in [2.05, 4.69) is 23.7 Å². The lowest BCUT2D eigenvalue weighted by Gasteiger charge is -2.37. The number of aldehydes is 1. The summed E-state index contributed by atoms with van der Waals surface area (Å²) in [5, 5.41) is 80.4. The largest absolute Gasteiger partial charge is 0.394 e. The summed E-state index contributed by atoms with van der Waals surface area (Å²) in [6, 6.07) is 11.3. The highest BCUT2D eigenvalue weighted by Crippen LogP contribution is 2.53. The van der Waals surface area contributed by atoms with Crippen LogP contribution in [0, 0.1) is 23.7 Å². The van der Waals surface area contributed by atoms with Crippen LogP contribution in [-0.2, 0) is 24.4 Å². The van der Waals surface area contributed by atoms with Gasteiger partial charge in [0.2, 0.25) is 0 Å². The van der Waals surface area contributed by atoms with E-state index in [-0.39, 0.29) is 6.42 Å². The molecule has 2 saturated heterocycles. The second kappa shape index (κ2) is 14.9. The van der Waals surface area contributed by atoms with E-state index >= 15 is 0 Å². The van der Waals surface area contributed by atoms with Gasteiger partial charge in [-0.1, -0.05) is 35.8 Å². The SMILES string of the molecule is COCCC1(CCC=O)c2cc(C#CC3OC(CO)[C@@H](O)C(O)C3O)ccc2-c2ccc(C#CC3OC(CO)[C@@H](O)C(O)C3O)cc21. The summed E-state index contributed by atoms with van der Waals surface area (Å²) in [5.74, 6) is 11.6. The Bertz CT molecular complexity index is 1450. The Morgan fingerprint density at radius 2 is 1.19 bits per heavy atom. The molecule has 8 unspecified atom stereocenters. The lowest BCUT2D eigenvalue weighted by atomic mass is 9.72. The van der Waals surface area contributed by atoms with Gasteiger partial charge in [0.1, 0.15) is 67.3 Å². The molecule has 2 heterocycles. The highest BCUT2D eigenvalue weighted by atomic mass is 16.5. The maximum Gasteiger partial charge on any atom is 0.147 e. The van der Waals surface area contributed by atoms with Crippen LogP contribution < -0.4 is 0 Å². The molecule has 0 amide bonds. The first-order chi connectivity index (χ1) is 22.6. The van der Waals surface area contributed by atoms with Crippen LogP contribution in [0.5, 0.6) is 0 Å². The Balaban J connectivity index is 1.52. The van der Waals surface area contributed by atoms with Crippen molar-refractivity contribution in [2.45, 2.75) is 85.7 Å². The number of methoxy groups -OCH3 is 1. The fraction of sp³-hybridized carbons (Fsp3) is 0.514. The molecule has 1 aliphatic carbocycles. The maximum atomic E-state index is 11.7. The normalized spacial score (nSPS) is 34.3. The molecule has 252 valence electrons. The van der Waals surface area contributed by atoms with E-state index in [1.165, 1.54) is 0 Å². The molecular weight excluding hydrogens is 612 g/mol. The van der Waals surface area contributed by atoms with Crippen LogP contribution in [0.25, 0.3) is 11.1 Å². The molecule has 47 heavy (non-hydrogen) atoms. The molecule has 0 radical (unpaired) electrons. The van der Waals surface area contributed by atoms with Crippen molar-refractivity contribution >= 4 is 6.29 Å². The van der Waals surface area contributed by atoms with Crippen molar-refractivity contribution < 1.29 is 59.9 Å². The van der Waals surface area contributed by atoms with E-state index in [0.29, 0.717) is 30.6 Å². The lowest BCUT2D eigenvalue weighted by Crippen LogP contribution is -2.58. The van der Waals surface area contributed by atoms with Gasteiger partial charge in [-0.25, -0.2) is 0 Å². The van der Waals surface area contributed by atoms with Gasteiger partial charge in [0.05, 0.1) is 13.2 Å². The van der Waals surface area contributed by atoms with Crippen LogP contribution >= 0.6 is 0 Å². The van der Waals surface area contributed by atoms with E-state index in [0.717, 1.165) is 28.5 Å². The summed E-state index contributed by atoms with van der Waals surface area (Å²) in [7, 11) is 1.59. The van der Waals surface area contributed by atoms with Crippen molar-refractivity contribution in [2.24, 2.45) is 0 Å². The van der Waals surface area contributed by atoms with E-state index in [9.17, 15) is 45.6 Å². The van der Waals surface area contributed by atoms with Gasteiger partial charge in [-0.2, -0.15) is 0 Å². The van der Waals surface area contributed by atoms with Gasteiger partial charge < -0.3 is 59.9 Å². The minimum Gasteiger partial charge on any atom is -0.394 e. The summed E-state index contributed by atoms with van der Waals surface area (Å²) < 4.78 is 16.6. The number of rotatable bonds is 8. The predicted molar refractivity (Wildman–Crippen MR) is 166 cm³/mol. The molecule has 2 aromatic carbocycles. The second-order valence-electron chi connectivity index (χ2n) is 12.1. The van der Waals surface area contributed by atoms with Crippen LogP contribution in [0.1, 0.15) is 41.5 Å². The monoisotopic (exact) mass is 652 g/mol. The fourth-order valence-corrected chi connectivity index (χ4v) is 6.65. The van der Waals surface area contributed by atoms with Crippen LogP contribution in [0.3, 0.4) is 0 Å². The summed E-state index contributed by atoms with van der Waals surface area (Å²) in [6.45, 7) is -0.749. The molecule has 2 aromatic rings. The summed E-state index contributed by atoms with van der Waals surface area (Å²) >= 11 is 0. The van der Waals surface area contributed by atoms with Crippen LogP contribution in [0.2, 0.25) is 0 Å². The van der Waals surface area contributed by atoms with Crippen molar-refractivity contribution in [1.29, 1.82) is 0 Å². The number of ether oxygens (including phenoxy) is 3. The molecule has 0 bridgehead atoms. The molecule has 8 N–H and O–H groups in total. The highest BCUT2D eigenvalue weighted by Gasteiger charge is 2.45. The number of aliphatic hydroxyl groups is 8. The average molecular weight is 653 g/mol. The Morgan fingerprint density at radius 3 is 1.60 bits per heavy atom. The van der Waals surface area contributed by atoms with Crippen LogP contribution in [-0.4, -0.2) is 135 Å². The van der Waals surface area contributed by atoms with Crippen LogP contribution in [0.4, 0.5) is 0 Å². The third-order valence-electron chi connectivity index (χ3n) is 9.28. The lowest BCUT2D eigenvalue weighted by molar-refractivity contribution is -0.214. The van der Waals surface area contributed by atoms with Gasteiger partial charge in [-0.05, 0) is 59.4 Å². The Hall–Kier alpha value is -3.21. The number of carbonyl (C=O) groups is 1. The van der Waals surface area contributed by atoms with Gasteiger partial charge >= 0.3 is 0 Å². The maximum absolute atomic E-state index is 11.7. The van der Waals surface area contributed by atoms with Gasteiger partial charge in [-0.15, -0.1) is 0 Å². The fourth-order valence-electron chi connectivity index (χ4n) is 6.65. The quantitative estimate of drug-likeness (QED) is 0.119. The Labute approximate surface area is 272 Å². The van der Waals surface area contributed by atoms with Gasteiger partial charge in [0.25, 0.3) is 0 Å². The molecule has 2 fully saturated rings. The topological polar surface area (TPSA) is 207 Å². The number of hydrogen-bond donors (Lipinski definition) is 8. The molecule has 12 nitrogen and oxygen atoms in total. The van der Waals surface area contributed by atoms with Gasteiger partial charge in [-0.3, -0.25) is 0 Å². The van der Waals surface area contributed by atoms with Gasteiger partial charge in [0, 0.05) is 36.7 Å². The summed E-state index contributed by atoms with van der Waals surface area (Å²) in [6.07, 6.45) is -11.4. The first kappa shape index (κ1) is 35.1. The standard InChI is InChI=1S/C35H40O12/c1-45-14-12-35(11-2-13-36)23-15-19(5-9-25-29(39)33(43)31(41)27(17-37)46-25)3-7-21(23)22-8-4-20(16-24(22)35)6-10-26-30(40)34(44)32(42)28(18-38)47-26/h3-4,7-8,13,15-16,25-34,37-44H,2,11-12,14,17-18H2,1H3/t25?,26?,27?,28?,29?,30?,31-,32-,33?,34?,35?/m1/s1. The Kier molecular flexibility index (Phi) is 11.1. The molecule has 2 aliphatic heterocycles. The van der Waals surface area contributed by atoms with E-state index < -0.39 is 79.7 Å². The molecule has 0 spiro atoms. The molecule has 12 heteroatoms. The van der Waals surface area contributed by atoms with Crippen molar-refractivity contribution in [1.82, 2.24) is 0 Å². The molecule has 0 aromatic heterocycles. The van der Waals surface area contributed by atoms with Crippen molar-refractivity contribution in [3.05, 3.63) is 58.7 Å². The Morgan fingerprint density at radius 1 is 0.723 bits per heavy atom. The zero-order chi connectivity index (χ0) is 33.9. The zero-order valence-corrected chi connectivity index (χ0v) is 25.8. The second-order valence-corrected chi connectivity index (χ2v) is 12.1. The molecule has 3 aliphatic rings. The van der Waals surface area contributed by atoms with Crippen LogP contribution in [0.15, 0.2) is 36.4 Å². The van der Waals surface area contributed by atoms with Crippen molar-refractivity contribution in [2.75, 3.05) is 26.9 Å². The van der Waals surface area contributed by atoms with Gasteiger partial charge in [0.15, 0.2) is 0 Å². The number of hydrogen-bond acceptors (Lipinski definition) is 12. The average Bonchev–Trinajstić information content (AvgIpc) is 3.35. The summed E-state index contributed by atoms with van der Waals surface area (Å²) in [5.41, 5.74) is 4.14. The highest BCUT2D eigenvalue weighted by molar-refractivity contribution is 5.82. The molecule has 10 atom stereocenters. The molecule has 0 saturated carbocycles. The van der Waals surface area contributed by atoms with E-state index in [4.69, 9.17) is 14.2 Å². The first-order valence-corrected chi connectivity index (χ1v) is 15.5. The molecule has 5 rings (SSSR count). The first-order valence-electron chi connectivity index (χ1n) is 15.5. The smallest absolute Gasteiger partial charge is 0.147 e. The minimum atomic E-state index is -1.54. The third kappa shape index (κ3) is 6.74. The number of benzene rings is 2. The van der Waals surface area contributed by atoms with E-state index in [1.54, 1.807) is 19.2 Å². The number of aliphatic hydroxyl groups excluding tert-OH is 8. The minimum absolute atomic E-state index is 0.254. The number of carbonyl (C=O) groups excluding carboxylic acids is 1. The molecular formula is C35H40O12.